The number of rotatable bonds is 37. The van der Waals surface area contributed by atoms with E-state index < -0.39 is 176 Å². The van der Waals surface area contributed by atoms with Crippen LogP contribution in [0, 0.1) is 17.8 Å². The van der Waals surface area contributed by atoms with Crippen LogP contribution >= 0.6 is 11.8 Å². The Bertz CT molecular complexity index is 2090. The zero-order valence-electron chi connectivity index (χ0n) is 46.2. The highest BCUT2D eigenvalue weighted by atomic mass is 32.2. The number of carboxylic acids is 2. The van der Waals surface area contributed by atoms with Crippen molar-refractivity contribution in [1.29, 1.82) is 0 Å². The number of carboxylic acid groups (broad SMARTS) is 2. The third-order valence-corrected chi connectivity index (χ3v) is 12.3. The number of hydrogen-bond donors (Lipinski definition) is 16. The van der Waals surface area contributed by atoms with Crippen LogP contribution < -0.4 is 70.4 Å². The van der Waals surface area contributed by atoms with Crippen molar-refractivity contribution in [3.05, 3.63) is 0 Å². The number of aliphatic hydroxyl groups excluding tert-OH is 1. The average Bonchev–Trinajstić information content (AvgIpc) is 3.38. The molecule has 0 heterocycles. The smallest absolute Gasteiger partial charge is 0.480 e. The van der Waals surface area contributed by atoms with Gasteiger partial charge in [0, 0.05) is 0 Å². The van der Waals surface area contributed by atoms with Gasteiger partial charge in [-0.2, -0.15) is 24.9 Å². The first kappa shape index (κ1) is 75.2. The summed E-state index contributed by atoms with van der Waals surface area (Å²) in [6.07, 6.45) is -1.84. The lowest BCUT2D eigenvalue weighted by molar-refractivity contribution is -0.192. The van der Waals surface area contributed by atoms with Crippen molar-refractivity contribution in [3.8, 4) is 0 Å². The van der Waals surface area contributed by atoms with Gasteiger partial charge in [-0.1, -0.05) is 54.4 Å². The van der Waals surface area contributed by atoms with E-state index in [1.165, 1.54) is 18.7 Å². The normalized spacial score (nSPS) is 14.8. The number of unbranched alkanes of at least 4 members (excludes halogenated alkanes) is 1. The molecule has 33 heteroatoms. The monoisotopic (exact) mass is 1170 g/mol. The van der Waals surface area contributed by atoms with Crippen LogP contribution in [-0.2, 0) is 62.3 Å². The Morgan fingerprint density at radius 3 is 1.50 bits per heavy atom. The second-order valence-corrected chi connectivity index (χ2v) is 19.8. The Morgan fingerprint density at radius 1 is 0.562 bits per heavy atom. The molecule has 29 nitrogen and oxygen atoms in total. The van der Waals surface area contributed by atoms with Crippen LogP contribution in [0.4, 0.5) is 13.2 Å². The number of halogens is 3. The van der Waals surface area contributed by atoms with E-state index in [0.29, 0.717) is 37.9 Å². The highest BCUT2D eigenvalue weighted by Gasteiger charge is 2.39. The van der Waals surface area contributed by atoms with E-state index in [0.717, 1.165) is 0 Å². The molecule has 0 aliphatic rings. The second kappa shape index (κ2) is 39.5. The summed E-state index contributed by atoms with van der Waals surface area (Å²) in [5, 5.41) is 49.7. The molecule has 0 saturated carbocycles. The van der Waals surface area contributed by atoms with Gasteiger partial charge < -0.3 is 85.7 Å². The van der Waals surface area contributed by atoms with Crippen molar-refractivity contribution in [3.63, 3.8) is 0 Å². The number of alkyl halides is 3. The molecule has 0 saturated heterocycles. The molecule has 0 radical (unpaired) electrons. The lowest BCUT2D eigenvalue weighted by Crippen LogP contribution is -2.60. The lowest BCUT2D eigenvalue weighted by Gasteiger charge is -2.29. The van der Waals surface area contributed by atoms with Crippen molar-refractivity contribution in [2.75, 3.05) is 44.8 Å². The first-order valence-electron chi connectivity index (χ1n) is 25.5. The minimum Gasteiger partial charge on any atom is -0.480 e. The minimum atomic E-state index is -5.08. The summed E-state index contributed by atoms with van der Waals surface area (Å²) in [4.78, 5) is 163. The van der Waals surface area contributed by atoms with Gasteiger partial charge in [-0.25, -0.2) is 4.79 Å². The number of primary amides is 1. The first-order valence-corrected chi connectivity index (χ1v) is 26.9. The molecule has 0 aromatic heterocycles. The van der Waals surface area contributed by atoms with E-state index >= 15 is 0 Å². The molecule has 0 aliphatic carbocycles. The standard InChI is InChI=1S/C45H81N13O14S.C2HF3O2/c1-9-24(5)36(57-34(62)20-50-40(67)29(17-23(3)4)54-39(66)27(47)14-16-73-8)45(72)58-37(25(6)10-2)44(71)52-26(7)38(65)49-19-33(61)53-28(13-11-12-15-46)42(69)55-30(18-32(48)60)43(70)56-31(22-59)41(68)51-21-35(63)64;3-2(4,5)1(6)7/h23-31,36-37,59H,9-22,46-47H2,1-8H3,(H2,48,60)(H,49,65)(H,50,67)(H,51,68)(H,52,71)(H,53,61)(H,54,66)(H,55,69)(H,56,70)(H,57,62)(H,58,72)(H,63,64);(H,6,7)/t24-,25-,26-,27-,28-,29-,30-,31-,36-,37-;/m0./s1. The molecule has 0 fully saturated rings. The molecule has 19 N–H and O–H groups in total. The van der Waals surface area contributed by atoms with E-state index in [1.54, 1.807) is 27.7 Å². The Morgan fingerprint density at radius 2 is 1.02 bits per heavy atom. The molecule has 0 spiro atoms. The number of hydrogen-bond acceptors (Lipinski definition) is 17. The highest BCUT2D eigenvalue weighted by molar-refractivity contribution is 7.98. The molecular formula is C47H82F3N13O16S. The van der Waals surface area contributed by atoms with Crippen molar-refractivity contribution in [1.82, 2.24) is 53.2 Å². The van der Waals surface area contributed by atoms with Crippen molar-refractivity contribution in [2.24, 2.45) is 35.0 Å². The number of amides is 11. The summed E-state index contributed by atoms with van der Waals surface area (Å²) in [5.74, 6) is -13.8. The molecule has 0 aliphatic heterocycles. The zero-order valence-corrected chi connectivity index (χ0v) is 47.0. The maximum absolute atomic E-state index is 13.8. The quantitative estimate of drug-likeness (QED) is 0.0262. The van der Waals surface area contributed by atoms with Gasteiger partial charge in [-0.3, -0.25) is 57.5 Å². The summed E-state index contributed by atoms with van der Waals surface area (Å²) in [7, 11) is 0. The van der Waals surface area contributed by atoms with Crippen molar-refractivity contribution >= 4 is 88.7 Å². The van der Waals surface area contributed by atoms with Gasteiger partial charge in [0.1, 0.15) is 48.8 Å². The van der Waals surface area contributed by atoms with Crippen LogP contribution in [0.2, 0.25) is 0 Å². The SMILES string of the molecule is CC[C@H](C)[C@H](NC(=O)CNC(=O)[C@H](CC(C)C)NC(=O)[C@@H](N)CCSC)C(=O)N[C@H](C(=O)N[C@@H](C)C(=O)NCC(=O)N[C@@H](CCCCN)C(=O)N[C@@H](CC(N)=O)C(=O)N[C@@H](CO)C(=O)NCC(=O)O)[C@@H](C)CC.O=C(O)C(F)(F)F. The van der Waals surface area contributed by atoms with Crippen LogP contribution in [0.1, 0.15) is 99.8 Å². The first-order chi connectivity index (χ1) is 37.2. The summed E-state index contributed by atoms with van der Waals surface area (Å²) < 4.78 is 31.7. The predicted octanol–water partition coefficient (Wildman–Crippen LogP) is -4.32. The van der Waals surface area contributed by atoms with Crippen LogP contribution in [0.15, 0.2) is 0 Å². The maximum Gasteiger partial charge on any atom is 0.490 e. The van der Waals surface area contributed by atoms with Gasteiger partial charge in [0.25, 0.3) is 0 Å². The molecule has 10 atom stereocenters. The number of nitrogens with two attached hydrogens (primary N) is 3. The van der Waals surface area contributed by atoms with Crippen LogP contribution in [0.3, 0.4) is 0 Å². The number of aliphatic carboxylic acids is 2. The Labute approximate surface area is 465 Å². The molecule has 0 aromatic carbocycles. The molecule has 0 rings (SSSR count). The Kier molecular flexibility index (Phi) is 37.1. The van der Waals surface area contributed by atoms with Crippen LogP contribution in [0.25, 0.3) is 0 Å². The summed E-state index contributed by atoms with van der Waals surface area (Å²) in [5.41, 5.74) is 16.9. The van der Waals surface area contributed by atoms with Crippen LogP contribution in [0.5, 0.6) is 0 Å². The summed E-state index contributed by atoms with van der Waals surface area (Å²) in [6.45, 7) is 9.15. The fourth-order valence-electron chi connectivity index (χ4n) is 6.65. The number of aliphatic hydroxyl groups is 1. The fourth-order valence-corrected chi connectivity index (χ4v) is 7.14. The van der Waals surface area contributed by atoms with Gasteiger partial charge in [-0.05, 0) is 75.3 Å². The van der Waals surface area contributed by atoms with Crippen molar-refractivity contribution < 1.29 is 90.8 Å². The largest absolute Gasteiger partial charge is 0.490 e. The third kappa shape index (κ3) is 31.7. The lowest BCUT2D eigenvalue weighted by atomic mass is 9.94. The van der Waals surface area contributed by atoms with Crippen LogP contribution in [-0.4, -0.2) is 192 Å². The highest BCUT2D eigenvalue weighted by Crippen LogP contribution is 2.14. The number of carbonyl (C=O) groups is 13. The van der Waals surface area contributed by atoms with Gasteiger partial charge in [0.05, 0.1) is 32.2 Å². The van der Waals surface area contributed by atoms with E-state index in [4.69, 9.17) is 32.2 Å². The van der Waals surface area contributed by atoms with Crippen molar-refractivity contribution in [2.45, 2.75) is 154 Å². The fraction of sp³-hybridized carbons (Fsp3) is 0.723. The van der Waals surface area contributed by atoms with E-state index in [1.807, 2.05) is 25.4 Å². The second-order valence-electron chi connectivity index (χ2n) is 18.8. The van der Waals surface area contributed by atoms with Gasteiger partial charge >= 0.3 is 18.1 Å². The average molecular weight is 1170 g/mol. The zero-order chi connectivity index (χ0) is 62.0. The van der Waals surface area contributed by atoms with Gasteiger partial charge in [-0.15, -0.1) is 0 Å². The van der Waals surface area contributed by atoms with E-state index in [9.17, 15) is 75.8 Å². The van der Waals surface area contributed by atoms with Gasteiger partial charge in [0.2, 0.25) is 65.0 Å². The summed E-state index contributed by atoms with van der Waals surface area (Å²) in [6, 6.07) is -10.2. The van der Waals surface area contributed by atoms with Gasteiger partial charge in [0.15, 0.2) is 0 Å². The van der Waals surface area contributed by atoms with E-state index in [2.05, 4.69) is 47.9 Å². The number of thioether (sulfide) groups is 1. The topological polar surface area (TPSA) is 481 Å². The minimum absolute atomic E-state index is 0.00106. The van der Waals surface area contributed by atoms with E-state index in [-0.39, 0.29) is 25.3 Å². The molecule has 11 amide bonds. The molecule has 458 valence electrons. The molecule has 0 bridgehead atoms. The number of carbonyl (C=O) groups excluding carboxylic acids is 11. The molecular weight excluding hydrogens is 1090 g/mol. The Balaban J connectivity index is 0. The Hall–Kier alpha value is -6.87. The predicted molar refractivity (Wildman–Crippen MR) is 283 cm³/mol. The maximum atomic E-state index is 13.8. The molecule has 80 heavy (non-hydrogen) atoms. The number of nitrogens with one attached hydrogen (secondary N) is 10. The summed E-state index contributed by atoms with van der Waals surface area (Å²) >= 11 is 1.52. The molecule has 0 unspecified atom stereocenters. The molecule has 0 aromatic rings. The third-order valence-electron chi connectivity index (χ3n) is 11.6.